The molecule has 2 nitrogen and oxygen atoms in total. The average molecular weight is 454 g/mol. The number of likely N-dealkylation sites (tertiary alicyclic amines) is 1. The van der Waals surface area contributed by atoms with Crippen LogP contribution in [0.4, 0.5) is 0 Å². The molecule has 0 aliphatic carbocycles. The molecule has 1 aliphatic rings. The highest BCUT2D eigenvalue weighted by Crippen LogP contribution is 2.27. The lowest BCUT2D eigenvalue weighted by Crippen LogP contribution is -2.29. The summed E-state index contributed by atoms with van der Waals surface area (Å²) in [6.07, 6.45) is 3.74. The Bertz CT molecular complexity index is 704. The van der Waals surface area contributed by atoms with E-state index >= 15 is 0 Å². The molecule has 2 aromatic rings. The molecule has 126 valence electrons. The fraction of sp³-hybridized carbons (Fsp3) is 0.350. The Balaban J connectivity index is 1.51. The fourth-order valence-corrected chi connectivity index (χ4v) is 4.22. The van der Waals surface area contributed by atoms with Gasteiger partial charge in [-0.2, -0.15) is 0 Å². The summed E-state index contributed by atoms with van der Waals surface area (Å²) in [6, 6.07) is 16.5. The van der Waals surface area contributed by atoms with E-state index in [1.54, 1.807) is 0 Å². The Labute approximate surface area is 162 Å². The molecule has 0 N–H and O–H groups in total. The van der Waals surface area contributed by atoms with Gasteiger partial charge in [0.2, 0.25) is 5.91 Å². The summed E-state index contributed by atoms with van der Waals surface area (Å²) in [5.74, 6) is 0.372. The molecule has 1 fully saturated rings. The van der Waals surface area contributed by atoms with Crippen molar-refractivity contribution in [2.45, 2.75) is 25.7 Å². The van der Waals surface area contributed by atoms with Gasteiger partial charge in [-0.1, -0.05) is 48.0 Å². The third-order valence-corrected chi connectivity index (χ3v) is 5.65. The normalized spacial score (nSPS) is 17.5. The molecule has 4 heteroatoms. The maximum atomic E-state index is 12.6. The van der Waals surface area contributed by atoms with Gasteiger partial charge in [-0.3, -0.25) is 4.79 Å². The third-order valence-electron chi connectivity index (χ3n) is 4.63. The lowest BCUT2D eigenvalue weighted by molar-refractivity contribution is -0.131. The Kier molecular flexibility index (Phi) is 6.17. The number of hydrogen-bond acceptors (Lipinski definition) is 1. The van der Waals surface area contributed by atoms with Crippen molar-refractivity contribution in [3.8, 4) is 0 Å². The van der Waals surface area contributed by atoms with E-state index in [-0.39, 0.29) is 11.8 Å². The van der Waals surface area contributed by atoms with E-state index in [2.05, 4.69) is 59.0 Å². The third kappa shape index (κ3) is 4.51. The zero-order chi connectivity index (χ0) is 16.9. The van der Waals surface area contributed by atoms with Crippen LogP contribution in [0.3, 0.4) is 0 Å². The second-order valence-corrected chi connectivity index (χ2v) is 7.99. The number of aryl methyl sites for hydroxylation is 1. The first-order chi connectivity index (χ1) is 11.6. The molecular weight excluding hydrogens is 433 g/mol. The van der Waals surface area contributed by atoms with Gasteiger partial charge >= 0.3 is 0 Å². The van der Waals surface area contributed by atoms with E-state index in [1.165, 1.54) is 5.56 Å². The average Bonchev–Trinajstić information content (AvgIpc) is 2.92. The van der Waals surface area contributed by atoms with Crippen LogP contribution in [0.15, 0.2) is 48.5 Å². The van der Waals surface area contributed by atoms with Crippen LogP contribution in [0.25, 0.3) is 0 Å². The summed E-state index contributed by atoms with van der Waals surface area (Å²) in [5, 5.41) is 0.775. The molecule has 24 heavy (non-hydrogen) atoms. The van der Waals surface area contributed by atoms with Crippen molar-refractivity contribution in [2.24, 2.45) is 5.92 Å². The maximum Gasteiger partial charge on any atom is 0.226 e. The number of carbonyl (C=O) groups is 1. The number of hydrogen-bond donors (Lipinski definition) is 0. The molecular formula is C20H21ClINO. The molecule has 0 saturated carbocycles. The van der Waals surface area contributed by atoms with Crippen LogP contribution in [0, 0.1) is 9.49 Å². The Morgan fingerprint density at radius 2 is 1.96 bits per heavy atom. The van der Waals surface area contributed by atoms with E-state index < -0.39 is 0 Å². The minimum Gasteiger partial charge on any atom is -0.342 e. The van der Waals surface area contributed by atoms with Gasteiger partial charge in [0.1, 0.15) is 0 Å². The molecule has 1 aliphatic heterocycles. The van der Waals surface area contributed by atoms with Crippen molar-refractivity contribution in [3.63, 3.8) is 0 Å². The van der Waals surface area contributed by atoms with Gasteiger partial charge in [0, 0.05) is 27.6 Å². The van der Waals surface area contributed by atoms with Crippen LogP contribution in [-0.2, 0) is 17.6 Å². The molecule has 1 unspecified atom stereocenters. The summed E-state index contributed by atoms with van der Waals surface area (Å²) in [6.45, 7) is 1.73. The Morgan fingerprint density at radius 1 is 1.17 bits per heavy atom. The lowest BCUT2D eigenvalue weighted by Gasteiger charge is -2.17. The molecule has 1 saturated heterocycles. The van der Waals surface area contributed by atoms with Crippen molar-refractivity contribution in [3.05, 3.63) is 68.3 Å². The topological polar surface area (TPSA) is 20.3 Å². The lowest BCUT2D eigenvalue weighted by atomic mass is 9.98. The van der Waals surface area contributed by atoms with Crippen LogP contribution in [0.2, 0.25) is 5.02 Å². The van der Waals surface area contributed by atoms with Crippen LogP contribution in [-0.4, -0.2) is 23.9 Å². The first-order valence-corrected chi connectivity index (χ1v) is 9.86. The van der Waals surface area contributed by atoms with E-state index in [0.29, 0.717) is 0 Å². The van der Waals surface area contributed by atoms with Crippen LogP contribution in [0.1, 0.15) is 24.0 Å². The van der Waals surface area contributed by atoms with E-state index in [1.807, 2.05) is 17.0 Å². The predicted molar refractivity (Wildman–Crippen MR) is 107 cm³/mol. The van der Waals surface area contributed by atoms with Gasteiger partial charge in [0.15, 0.2) is 0 Å². The number of amides is 1. The summed E-state index contributed by atoms with van der Waals surface area (Å²) < 4.78 is 1.13. The van der Waals surface area contributed by atoms with Crippen LogP contribution in [0.5, 0.6) is 0 Å². The van der Waals surface area contributed by atoms with Gasteiger partial charge in [0.25, 0.3) is 0 Å². The van der Waals surface area contributed by atoms with Gasteiger partial charge in [-0.15, -0.1) is 0 Å². The molecule has 0 aromatic heterocycles. The number of halogens is 2. The van der Waals surface area contributed by atoms with Crippen molar-refractivity contribution >= 4 is 40.1 Å². The standard InChI is InChI=1S/C20H21ClINO/c21-19-14-18(22)9-8-16(19)13-17-10-12-23(20(17)24)11-4-7-15-5-2-1-3-6-15/h1-3,5-6,8-9,14,17H,4,7,10-13H2. The largest absolute Gasteiger partial charge is 0.342 e. The van der Waals surface area contributed by atoms with Gasteiger partial charge in [-0.25, -0.2) is 0 Å². The van der Waals surface area contributed by atoms with Crippen LogP contribution >= 0.6 is 34.2 Å². The summed E-state index contributed by atoms with van der Waals surface area (Å²) >= 11 is 8.57. The Hall–Kier alpha value is -1.07. The first-order valence-electron chi connectivity index (χ1n) is 8.40. The van der Waals surface area contributed by atoms with Crippen molar-refractivity contribution in [1.82, 2.24) is 4.90 Å². The number of rotatable bonds is 6. The molecule has 1 amide bonds. The summed E-state index contributed by atoms with van der Waals surface area (Å²) in [7, 11) is 0. The van der Waals surface area contributed by atoms with Gasteiger partial charge in [0.05, 0.1) is 0 Å². The first kappa shape index (κ1) is 17.7. The smallest absolute Gasteiger partial charge is 0.226 e. The van der Waals surface area contributed by atoms with Gasteiger partial charge < -0.3 is 4.90 Å². The number of carbonyl (C=O) groups excluding carboxylic acids is 1. The second kappa shape index (κ2) is 8.34. The van der Waals surface area contributed by atoms with E-state index in [4.69, 9.17) is 11.6 Å². The Morgan fingerprint density at radius 3 is 2.71 bits per heavy atom. The molecule has 0 bridgehead atoms. The zero-order valence-corrected chi connectivity index (χ0v) is 16.5. The maximum absolute atomic E-state index is 12.6. The van der Waals surface area contributed by atoms with E-state index in [0.717, 1.165) is 52.9 Å². The number of benzene rings is 2. The molecule has 0 radical (unpaired) electrons. The summed E-state index contributed by atoms with van der Waals surface area (Å²) in [5.41, 5.74) is 2.42. The highest BCUT2D eigenvalue weighted by atomic mass is 127. The molecule has 1 heterocycles. The van der Waals surface area contributed by atoms with Gasteiger partial charge in [-0.05, 0) is 71.5 Å². The number of nitrogens with zero attached hydrogens (tertiary/aromatic N) is 1. The van der Waals surface area contributed by atoms with Crippen molar-refractivity contribution in [2.75, 3.05) is 13.1 Å². The van der Waals surface area contributed by atoms with Crippen molar-refractivity contribution in [1.29, 1.82) is 0 Å². The van der Waals surface area contributed by atoms with Crippen LogP contribution < -0.4 is 0 Å². The summed E-state index contributed by atoms with van der Waals surface area (Å²) in [4.78, 5) is 14.6. The van der Waals surface area contributed by atoms with E-state index in [9.17, 15) is 4.79 Å². The highest BCUT2D eigenvalue weighted by Gasteiger charge is 2.31. The minimum absolute atomic E-state index is 0.0827. The molecule has 0 spiro atoms. The SMILES string of the molecule is O=C1C(Cc2ccc(I)cc2Cl)CCN1CCCc1ccccc1. The fourth-order valence-electron chi connectivity index (χ4n) is 3.29. The molecule has 3 rings (SSSR count). The predicted octanol–water partition coefficient (Wildman–Crippen LogP) is 4.97. The molecule has 2 aromatic carbocycles. The zero-order valence-electron chi connectivity index (χ0n) is 13.6. The second-order valence-electron chi connectivity index (χ2n) is 6.34. The highest BCUT2D eigenvalue weighted by molar-refractivity contribution is 14.1. The monoisotopic (exact) mass is 453 g/mol. The quantitative estimate of drug-likeness (QED) is 0.566. The minimum atomic E-state index is 0.0827. The molecule has 1 atom stereocenters. The van der Waals surface area contributed by atoms with Crippen molar-refractivity contribution < 1.29 is 4.79 Å².